The van der Waals surface area contributed by atoms with Gasteiger partial charge in [0, 0.05) is 18.1 Å². The van der Waals surface area contributed by atoms with Crippen molar-refractivity contribution in [3.05, 3.63) is 23.2 Å². The summed E-state index contributed by atoms with van der Waals surface area (Å²) in [6.07, 6.45) is 1.48. The molecule has 0 spiro atoms. The molecule has 136 valence electrons. The molecule has 0 aliphatic heterocycles. The van der Waals surface area contributed by atoms with E-state index >= 15 is 0 Å². The second-order valence-electron chi connectivity index (χ2n) is 6.57. The second-order valence-corrected chi connectivity index (χ2v) is 6.91. The maximum atomic E-state index is 11.9. The van der Waals surface area contributed by atoms with Gasteiger partial charge in [0.2, 0.25) is 5.28 Å². The SMILES string of the molecule is CCC(CNC(=O)OC(C)(C)C)n1c(C(=O)O)cc2cnc(Cl)nc21. The van der Waals surface area contributed by atoms with E-state index in [-0.39, 0.29) is 23.6 Å². The third kappa shape index (κ3) is 4.60. The van der Waals surface area contributed by atoms with Crippen LogP contribution in [0.2, 0.25) is 5.28 Å². The van der Waals surface area contributed by atoms with Gasteiger partial charge in [-0.3, -0.25) is 0 Å². The van der Waals surface area contributed by atoms with Gasteiger partial charge < -0.3 is 19.7 Å². The Morgan fingerprint density at radius 2 is 2.12 bits per heavy atom. The molecule has 1 unspecified atom stereocenters. The van der Waals surface area contributed by atoms with Gasteiger partial charge in [-0.25, -0.2) is 14.6 Å². The largest absolute Gasteiger partial charge is 0.477 e. The molecule has 0 radical (unpaired) electrons. The molecule has 9 heteroatoms. The van der Waals surface area contributed by atoms with Crippen LogP contribution in [0.4, 0.5) is 4.79 Å². The smallest absolute Gasteiger partial charge is 0.407 e. The molecule has 0 aromatic carbocycles. The highest BCUT2D eigenvalue weighted by Crippen LogP contribution is 2.25. The summed E-state index contributed by atoms with van der Waals surface area (Å²) in [6.45, 7) is 7.39. The molecular weight excluding hydrogens is 348 g/mol. The number of carbonyl (C=O) groups is 2. The first-order chi connectivity index (χ1) is 11.6. The van der Waals surface area contributed by atoms with E-state index in [0.29, 0.717) is 17.5 Å². The topological polar surface area (TPSA) is 106 Å². The zero-order valence-electron chi connectivity index (χ0n) is 14.5. The number of carboxylic acids is 1. The van der Waals surface area contributed by atoms with Crippen LogP contribution >= 0.6 is 11.6 Å². The molecule has 1 atom stereocenters. The quantitative estimate of drug-likeness (QED) is 0.784. The second kappa shape index (κ2) is 7.26. The van der Waals surface area contributed by atoms with Gasteiger partial charge in [0.1, 0.15) is 16.9 Å². The van der Waals surface area contributed by atoms with Crippen molar-refractivity contribution < 1.29 is 19.4 Å². The number of nitrogens with zero attached hydrogens (tertiary/aromatic N) is 3. The maximum Gasteiger partial charge on any atom is 0.407 e. The summed E-state index contributed by atoms with van der Waals surface area (Å²) >= 11 is 5.85. The maximum absolute atomic E-state index is 11.9. The number of aromatic carboxylic acids is 1. The van der Waals surface area contributed by atoms with E-state index in [1.54, 1.807) is 25.3 Å². The number of nitrogens with one attached hydrogen (secondary N) is 1. The van der Waals surface area contributed by atoms with Crippen molar-refractivity contribution in [2.24, 2.45) is 0 Å². The summed E-state index contributed by atoms with van der Waals surface area (Å²) in [5, 5.41) is 12.8. The normalized spacial score (nSPS) is 12.8. The zero-order chi connectivity index (χ0) is 18.8. The number of fused-ring (bicyclic) bond motifs is 1. The highest BCUT2D eigenvalue weighted by Gasteiger charge is 2.23. The number of carbonyl (C=O) groups excluding carboxylic acids is 1. The lowest BCUT2D eigenvalue weighted by atomic mass is 10.2. The fraction of sp³-hybridized carbons (Fsp3) is 0.500. The van der Waals surface area contributed by atoms with E-state index in [4.69, 9.17) is 16.3 Å². The van der Waals surface area contributed by atoms with E-state index in [1.807, 2.05) is 6.92 Å². The Kier molecular flexibility index (Phi) is 5.52. The van der Waals surface area contributed by atoms with Crippen molar-refractivity contribution in [1.82, 2.24) is 19.9 Å². The Balaban J connectivity index is 2.33. The first-order valence-electron chi connectivity index (χ1n) is 7.86. The van der Waals surface area contributed by atoms with Crippen molar-refractivity contribution in [1.29, 1.82) is 0 Å². The number of amides is 1. The van der Waals surface area contributed by atoms with E-state index in [2.05, 4.69) is 15.3 Å². The molecule has 0 saturated heterocycles. The number of hydrogen-bond acceptors (Lipinski definition) is 5. The van der Waals surface area contributed by atoms with Crippen LogP contribution in [0.1, 0.15) is 50.6 Å². The molecule has 0 bridgehead atoms. The number of hydrogen-bond donors (Lipinski definition) is 2. The molecule has 25 heavy (non-hydrogen) atoms. The first-order valence-corrected chi connectivity index (χ1v) is 8.23. The van der Waals surface area contributed by atoms with Gasteiger partial charge >= 0.3 is 12.1 Å². The van der Waals surface area contributed by atoms with E-state index < -0.39 is 17.7 Å². The molecule has 8 nitrogen and oxygen atoms in total. The average molecular weight is 369 g/mol. The lowest BCUT2D eigenvalue weighted by Crippen LogP contribution is -2.36. The Labute approximate surface area is 150 Å². The fourth-order valence-electron chi connectivity index (χ4n) is 2.45. The average Bonchev–Trinajstić information content (AvgIpc) is 2.85. The molecule has 1 amide bonds. The molecule has 0 aliphatic rings. The predicted octanol–water partition coefficient (Wildman–Crippen LogP) is 3.26. The van der Waals surface area contributed by atoms with Gasteiger partial charge in [-0.15, -0.1) is 0 Å². The van der Waals surface area contributed by atoms with Gasteiger partial charge in [0.05, 0.1) is 6.04 Å². The van der Waals surface area contributed by atoms with Crippen LogP contribution < -0.4 is 5.32 Å². The van der Waals surface area contributed by atoms with Crippen LogP contribution in [0.5, 0.6) is 0 Å². The van der Waals surface area contributed by atoms with Gasteiger partial charge in [0.15, 0.2) is 0 Å². The highest BCUT2D eigenvalue weighted by atomic mass is 35.5. The molecule has 2 N–H and O–H groups in total. The van der Waals surface area contributed by atoms with Crippen LogP contribution in [0.15, 0.2) is 12.3 Å². The molecule has 2 heterocycles. The van der Waals surface area contributed by atoms with Crippen molar-refractivity contribution in [2.45, 2.75) is 45.8 Å². The number of rotatable bonds is 5. The van der Waals surface area contributed by atoms with Crippen LogP contribution in [0.25, 0.3) is 11.0 Å². The standard InChI is InChI=1S/C16H21ClN4O4/c1-5-10(8-19-15(24)25-16(2,3)4)21-11(13(22)23)6-9-7-18-14(17)20-12(9)21/h6-7,10H,5,8H2,1-4H3,(H,19,24)(H,22,23). The third-order valence-corrected chi connectivity index (χ3v) is 3.66. The molecule has 0 fully saturated rings. The minimum atomic E-state index is -1.09. The van der Waals surface area contributed by atoms with E-state index in [0.717, 1.165) is 0 Å². The summed E-state index contributed by atoms with van der Waals surface area (Å²) < 4.78 is 6.77. The minimum Gasteiger partial charge on any atom is -0.477 e. The fourth-order valence-corrected chi connectivity index (χ4v) is 2.58. The number of alkyl carbamates (subject to hydrolysis) is 1. The monoisotopic (exact) mass is 368 g/mol. The molecular formula is C16H21ClN4O4. The summed E-state index contributed by atoms with van der Waals surface area (Å²) in [6, 6.07) is 1.16. The summed E-state index contributed by atoms with van der Waals surface area (Å²) in [5.74, 6) is -1.09. The van der Waals surface area contributed by atoms with Crippen molar-refractivity contribution in [3.63, 3.8) is 0 Å². The van der Waals surface area contributed by atoms with Gasteiger partial charge in [-0.2, -0.15) is 4.98 Å². The van der Waals surface area contributed by atoms with Crippen LogP contribution in [-0.2, 0) is 4.74 Å². The van der Waals surface area contributed by atoms with Gasteiger partial charge in [-0.1, -0.05) is 6.92 Å². The van der Waals surface area contributed by atoms with E-state index in [9.17, 15) is 14.7 Å². The van der Waals surface area contributed by atoms with E-state index in [1.165, 1.54) is 12.3 Å². The minimum absolute atomic E-state index is 0.0266. The number of halogens is 1. The third-order valence-electron chi connectivity index (χ3n) is 3.48. The van der Waals surface area contributed by atoms with Gasteiger partial charge in [-0.05, 0) is 44.9 Å². The number of carboxylic acid groups (broad SMARTS) is 1. The van der Waals surface area contributed by atoms with Crippen LogP contribution in [0.3, 0.4) is 0 Å². The Morgan fingerprint density at radius 1 is 1.44 bits per heavy atom. The van der Waals surface area contributed by atoms with Gasteiger partial charge in [0.25, 0.3) is 0 Å². The Morgan fingerprint density at radius 3 is 2.68 bits per heavy atom. The number of ether oxygens (including phenoxy) is 1. The highest BCUT2D eigenvalue weighted by molar-refractivity contribution is 6.28. The summed E-state index contributed by atoms with van der Waals surface area (Å²) in [5.41, 5.74) is -0.140. The molecule has 0 saturated carbocycles. The van der Waals surface area contributed by atoms with Crippen molar-refractivity contribution >= 4 is 34.7 Å². The summed E-state index contributed by atoms with van der Waals surface area (Å²) in [7, 11) is 0. The molecule has 2 aromatic rings. The summed E-state index contributed by atoms with van der Waals surface area (Å²) in [4.78, 5) is 31.5. The van der Waals surface area contributed by atoms with Crippen molar-refractivity contribution in [2.75, 3.05) is 6.54 Å². The zero-order valence-corrected chi connectivity index (χ0v) is 15.3. The Bertz CT molecular complexity index is 797. The Hall–Kier alpha value is -2.35. The predicted molar refractivity (Wildman–Crippen MR) is 93.1 cm³/mol. The van der Waals surface area contributed by atoms with Crippen LogP contribution in [-0.4, -0.2) is 43.8 Å². The lowest BCUT2D eigenvalue weighted by Gasteiger charge is -2.23. The van der Waals surface area contributed by atoms with Crippen LogP contribution in [0, 0.1) is 0 Å². The molecule has 2 rings (SSSR count). The lowest BCUT2D eigenvalue weighted by molar-refractivity contribution is 0.0520. The molecule has 2 aromatic heterocycles. The first kappa shape index (κ1) is 19.0. The molecule has 0 aliphatic carbocycles. The number of aromatic nitrogens is 3. The van der Waals surface area contributed by atoms with Crippen molar-refractivity contribution in [3.8, 4) is 0 Å².